The summed E-state index contributed by atoms with van der Waals surface area (Å²) in [6.45, 7) is 6.22. The van der Waals surface area contributed by atoms with Crippen molar-refractivity contribution in [2.75, 3.05) is 13.2 Å². The number of likely N-dealkylation sites (tertiary alicyclic amines) is 1. The number of piperidine rings is 1. The average molecular weight is 323 g/mol. The summed E-state index contributed by atoms with van der Waals surface area (Å²) < 4.78 is 14.2. The van der Waals surface area contributed by atoms with Crippen LogP contribution in [0.1, 0.15) is 39.2 Å². The smallest absolute Gasteiger partial charge is 0.407 e. The van der Waals surface area contributed by atoms with Crippen molar-refractivity contribution in [1.29, 1.82) is 0 Å². The molecule has 1 heterocycles. The molecule has 23 heavy (non-hydrogen) atoms. The van der Waals surface area contributed by atoms with Crippen molar-refractivity contribution in [2.45, 2.75) is 45.6 Å². The van der Waals surface area contributed by atoms with Crippen LogP contribution in [0, 0.1) is 17.2 Å². The molecule has 1 aliphatic heterocycles. The van der Waals surface area contributed by atoms with Crippen LogP contribution in [0.2, 0.25) is 0 Å². The predicted molar refractivity (Wildman–Crippen MR) is 86.8 cm³/mol. The Morgan fingerprint density at radius 1 is 1.39 bits per heavy atom. The minimum Gasteiger partial charge on any atom is -0.465 e. The molecular formula is C18H26FNO3. The first kappa shape index (κ1) is 17.7. The molecule has 128 valence electrons. The van der Waals surface area contributed by atoms with Gasteiger partial charge in [0, 0.05) is 19.1 Å². The Morgan fingerprint density at radius 2 is 2.04 bits per heavy atom. The maximum atomic E-state index is 14.2. The van der Waals surface area contributed by atoms with Crippen molar-refractivity contribution < 1.29 is 19.4 Å². The van der Waals surface area contributed by atoms with Crippen LogP contribution < -0.4 is 0 Å². The molecule has 0 radical (unpaired) electrons. The van der Waals surface area contributed by atoms with Crippen LogP contribution in [0.5, 0.6) is 0 Å². The van der Waals surface area contributed by atoms with E-state index in [0.717, 1.165) is 6.42 Å². The van der Waals surface area contributed by atoms with Crippen molar-refractivity contribution in [3.63, 3.8) is 0 Å². The molecule has 1 saturated heterocycles. The van der Waals surface area contributed by atoms with Gasteiger partial charge < -0.3 is 15.1 Å². The van der Waals surface area contributed by atoms with Gasteiger partial charge in [-0.15, -0.1) is 0 Å². The fraction of sp³-hybridized carbons (Fsp3) is 0.611. The normalized spacial score (nSPS) is 25.4. The largest absolute Gasteiger partial charge is 0.465 e. The minimum atomic E-state index is -1.01. The molecule has 0 saturated carbocycles. The maximum Gasteiger partial charge on any atom is 0.407 e. The zero-order chi connectivity index (χ0) is 17.3. The number of carboxylic acid groups (broad SMARTS) is 1. The lowest BCUT2D eigenvalue weighted by atomic mass is 9.60. The van der Waals surface area contributed by atoms with Crippen LogP contribution in [0.25, 0.3) is 0 Å². The van der Waals surface area contributed by atoms with Gasteiger partial charge in [0.2, 0.25) is 0 Å². The second-order valence-electron chi connectivity index (χ2n) is 7.40. The Kier molecular flexibility index (Phi) is 4.99. The van der Waals surface area contributed by atoms with Crippen molar-refractivity contribution >= 4 is 6.09 Å². The third-order valence-electron chi connectivity index (χ3n) is 5.26. The summed E-state index contributed by atoms with van der Waals surface area (Å²) in [4.78, 5) is 13.3. The van der Waals surface area contributed by atoms with E-state index in [9.17, 15) is 19.4 Å². The highest BCUT2D eigenvalue weighted by Crippen LogP contribution is 2.48. The molecule has 0 spiro atoms. The number of amides is 1. The van der Waals surface area contributed by atoms with E-state index in [-0.39, 0.29) is 24.8 Å². The van der Waals surface area contributed by atoms with Gasteiger partial charge in [0.25, 0.3) is 0 Å². The fourth-order valence-electron chi connectivity index (χ4n) is 4.12. The van der Waals surface area contributed by atoms with Gasteiger partial charge >= 0.3 is 6.09 Å². The standard InChI is InChI=1S/C18H26FNO3/c1-17(2,3)18(11-13-7-4-5-9-15(13)19)14(12-21)8-6-10-20(18)16(22)23/h4-5,7,9,14,21H,6,8,10-12H2,1-3H3,(H,22,23). The molecule has 0 bridgehead atoms. The summed E-state index contributed by atoms with van der Waals surface area (Å²) >= 11 is 0. The summed E-state index contributed by atoms with van der Waals surface area (Å²) in [5.41, 5.74) is -0.788. The van der Waals surface area contributed by atoms with Crippen LogP contribution in [0.15, 0.2) is 24.3 Å². The number of hydrogen-bond acceptors (Lipinski definition) is 2. The Balaban J connectivity index is 2.59. The zero-order valence-electron chi connectivity index (χ0n) is 14.1. The SMILES string of the molecule is CC(C)(C)C1(Cc2ccccc2F)C(CO)CCCN1C(=O)O. The van der Waals surface area contributed by atoms with Gasteiger partial charge in [0.1, 0.15) is 5.82 Å². The molecule has 1 aliphatic rings. The van der Waals surface area contributed by atoms with E-state index < -0.39 is 17.0 Å². The van der Waals surface area contributed by atoms with E-state index >= 15 is 0 Å². The highest BCUT2D eigenvalue weighted by molar-refractivity contribution is 5.67. The molecule has 1 aromatic carbocycles. The van der Waals surface area contributed by atoms with Gasteiger partial charge in [-0.1, -0.05) is 39.0 Å². The Hall–Kier alpha value is -1.62. The molecule has 2 unspecified atom stereocenters. The highest BCUT2D eigenvalue weighted by Gasteiger charge is 2.55. The number of benzene rings is 1. The quantitative estimate of drug-likeness (QED) is 0.894. The van der Waals surface area contributed by atoms with Crippen molar-refractivity contribution in [2.24, 2.45) is 11.3 Å². The lowest BCUT2D eigenvalue weighted by Crippen LogP contribution is -2.67. The van der Waals surface area contributed by atoms with Gasteiger partial charge in [-0.3, -0.25) is 0 Å². The fourth-order valence-corrected chi connectivity index (χ4v) is 4.12. The van der Waals surface area contributed by atoms with Gasteiger partial charge in [-0.25, -0.2) is 9.18 Å². The molecule has 0 aliphatic carbocycles. The second kappa shape index (κ2) is 6.48. The lowest BCUT2D eigenvalue weighted by Gasteiger charge is -2.58. The number of halogens is 1. The summed E-state index contributed by atoms with van der Waals surface area (Å²) in [7, 11) is 0. The first-order valence-electron chi connectivity index (χ1n) is 8.09. The molecule has 2 N–H and O–H groups in total. The first-order valence-corrected chi connectivity index (χ1v) is 8.09. The first-order chi connectivity index (χ1) is 10.7. The summed E-state index contributed by atoms with van der Waals surface area (Å²) in [5.74, 6) is -0.546. The van der Waals surface area contributed by atoms with E-state index in [1.165, 1.54) is 11.0 Å². The number of aliphatic hydroxyl groups excluding tert-OH is 1. The van der Waals surface area contributed by atoms with Gasteiger partial charge in [0.15, 0.2) is 0 Å². The topological polar surface area (TPSA) is 60.8 Å². The molecule has 1 amide bonds. The summed E-state index contributed by atoms with van der Waals surface area (Å²) in [5, 5.41) is 19.7. The average Bonchev–Trinajstić information content (AvgIpc) is 2.48. The van der Waals surface area contributed by atoms with Crippen LogP contribution in [-0.4, -0.2) is 39.9 Å². The molecule has 5 heteroatoms. The molecule has 2 rings (SSSR count). The zero-order valence-corrected chi connectivity index (χ0v) is 14.1. The van der Waals surface area contributed by atoms with Crippen molar-refractivity contribution in [1.82, 2.24) is 4.90 Å². The Bertz CT molecular complexity index is 570. The van der Waals surface area contributed by atoms with E-state index in [1.807, 2.05) is 20.8 Å². The molecule has 0 aromatic heterocycles. The Morgan fingerprint density at radius 3 is 2.57 bits per heavy atom. The van der Waals surface area contributed by atoms with E-state index in [2.05, 4.69) is 0 Å². The van der Waals surface area contributed by atoms with Crippen LogP contribution in [0.4, 0.5) is 9.18 Å². The number of aliphatic hydroxyl groups is 1. The number of hydrogen-bond donors (Lipinski definition) is 2. The van der Waals surface area contributed by atoms with E-state index in [4.69, 9.17) is 0 Å². The van der Waals surface area contributed by atoms with Gasteiger partial charge in [0.05, 0.1) is 5.54 Å². The van der Waals surface area contributed by atoms with Crippen LogP contribution in [-0.2, 0) is 6.42 Å². The molecular weight excluding hydrogens is 297 g/mol. The number of rotatable bonds is 3. The summed E-state index contributed by atoms with van der Waals surface area (Å²) in [6.07, 6.45) is 0.716. The maximum absolute atomic E-state index is 14.2. The van der Waals surface area contributed by atoms with Gasteiger partial charge in [-0.05, 0) is 36.3 Å². The second-order valence-corrected chi connectivity index (χ2v) is 7.40. The van der Waals surface area contributed by atoms with Crippen LogP contribution >= 0.6 is 0 Å². The number of carbonyl (C=O) groups is 1. The predicted octanol–water partition coefficient (Wildman–Crippen LogP) is 3.54. The summed E-state index contributed by atoms with van der Waals surface area (Å²) in [6, 6.07) is 6.48. The third-order valence-corrected chi connectivity index (χ3v) is 5.26. The highest BCUT2D eigenvalue weighted by atomic mass is 19.1. The monoisotopic (exact) mass is 323 g/mol. The van der Waals surface area contributed by atoms with Crippen molar-refractivity contribution in [3.8, 4) is 0 Å². The minimum absolute atomic E-state index is 0.102. The van der Waals surface area contributed by atoms with E-state index in [1.54, 1.807) is 18.2 Å². The molecule has 2 atom stereocenters. The van der Waals surface area contributed by atoms with Crippen LogP contribution in [0.3, 0.4) is 0 Å². The molecule has 4 nitrogen and oxygen atoms in total. The Labute approximate surface area is 136 Å². The van der Waals surface area contributed by atoms with Gasteiger partial charge in [-0.2, -0.15) is 0 Å². The van der Waals surface area contributed by atoms with Crippen molar-refractivity contribution in [3.05, 3.63) is 35.6 Å². The lowest BCUT2D eigenvalue weighted by molar-refractivity contribution is -0.0818. The molecule has 1 fully saturated rings. The number of nitrogens with zero attached hydrogens (tertiary/aromatic N) is 1. The third kappa shape index (κ3) is 3.07. The molecule has 1 aromatic rings. The van der Waals surface area contributed by atoms with E-state index in [0.29, 0.717) is 18.5 Å².